The molecule has 0 radical (unpaired) electrons. The maximum atomic E-state index is 11.6. The zero-order valence-electron chi connectivity index (χ0n) is 9.07. The predicted molar refractivity (Wildman–Crippen MR) is 49.2 cm³/mol. The van der Waals surface area contributed by atoms with E-state index in [4.69, 9.17) is 0 Å². The summed E-state index contributed by atoms with van der Waals surface area (Å²) in [5.41, 5.74) is -0.589. The molecule has 1 fully saturated rings. The number of rotatable bonds is 0. The maximum absolute atomic E-state index is 11.6. The minimum atomic E-state index is -0.589. The van der Waals surface area contributed by atoms with Crippen LogP contribution in [0.25, 0.3) is 0 Å². The molecule has 80 valence electrons. The number of carbonyl (C=O) groups excluding carboxylic acids is 2. The highest BCUT2D eigenvalue weighted by molar-refractivity contribution is 5.83. The third-order valence-electron chi connectivity index (χ3n) is 2.11. The minimum Gasteiger partial charge on any atom is -0.451 e. The standard InChI is InChI=1S/C8H15N3O3/c1-8(2)10(6(12)9(3)4)11(8)7(13)14-5/h1-5H3. The number of urea groups is 1. The summed E-state index contributed by atoms with van der Waals surface area (Å²) in [5.74, 6) is 0. The first kappa shape index (κ1) is 10.6. The van der Waals surface area contributed by atoms with Crippen LogP contribution in [0.1, 0.15) is 13.8 Å². The number of nitrogens with zero attached hydrogens (tertiary/aromatic N) is 3. The molecule has 0 aliphatic carbocycles. The van der Waals surface area contributed by atoms with E-state index in [0.717, 1.165) is 0 Å². The molecule has 0 aromatic rings. The summed E-state index contributed by atoms with van der Waals surface area (Å²) < 4.78 is 4.54. The van der Waals surface area contributed by atoms with Crippen molar-refractivity contribution in [3.8, 4) is 0 Å². The lowest BCUT2D eigenvalue weighted by Gasteiger charge is -2.11. The number of hydrazine groups is 1. The van der Waals surface area contributed by atoms with Crippen molar-refractivity contribution in [1.29, 1.82) is 0 Å². The largest absolute Gasteiger partial charge is 0.451 e. The van der Waals surface area contributed by atoms with Crippen molar-refractivity contribution in [2.75, 3.05) is 21.2 Å². The second-order valence-electron chi connectivity index (χ2n) is 3.77. The average molecular weight is 201 g/mol. The fraction of sp³-hybridized carbons (Fsp3) is 0.750. The molecule has 1 heterocycles. The van der Waals surface area contributed by atoms with Crippen molar-refractivity contribution >= 4 is 12.1 Å². The van der Waals surface area contributed by atoms with Gasteiger partial charge < -0.3 is 9.64 Å². The summed E-state index contributed by atoms with van der Waals surface area (Å²) in [4.78, 5) is 24.2. The van der Waals surface area contributed by atoms with E-state index in [1.165, 1.54) is 22.0 Å². The van der Waals surface area contributed by atoms with Gasteiger partial charge >= 0.3 is 12.1 Å². The van der Waals surface area contributed by atoms with E-state index in [0.29, 0.717) is 0 Å². The second kappa shape index (κ2) is 3.04. The predicted octanol–water partition coefficient (Wildman–Crippen LogP) is 0.703. The van der Waals surface area contributed by atoms with Crippen LogP contribution in [0.3, 0.4) is 0 Å². The second-order valence-corrected chi connectivity index (χ2v) is 3.77. The lowest BCUT2D eigenvalue weighted by molar-refractivity contribution is 0.131. The van der Waals surface area contributed by atoms with Crippen LogP contribution in [0.2, 0.25) is 0 Å². The Morgan fingerprint density at radius 2 is 1.71 bits per heavy atom. The number of hydrogen-bond donors (Lipinski definition) is 0. The molecular formula is C8H15N3O3. The number of hydrogen-bond acceptors (Lipinski definition) is 3. The van der Waals surface area contributed by atoms with Gasteiger partial charge in [0, 0.05) is 14.1 Å². The van der Waals surface area contributed by atoms with E-state index >= 15 is 0 Å². The molecule has 14 heavy (non-hydrogen) atoms. The van der Waals surface area contributed by atoms with Crippen molar-refractivity contribution in [3.63, 3.8) is 0 Å². The lowest BCUT2D eigenvalue weighted by atomic mass is 10.3. The van der Waals surface area contributed by atoms with Gasteiger partial charge in [-0.1, -0.05) is 0 Å². The quantitative estimate of drug-likeness (QED) is 0.542. The highest BCUT2D eigenvalue weighted by Gasteiger charge is 2.61. The van der Waals surface area contributed by atoms with Crippen LogP contribution in [-0.4, -0.2) is 53.9 Å². The minimum absolute atomic E-state index is 0.236. The third kappa shape index (κ3) is 1.36. The third-order valence-corrected chi connectivity index (χ3v) is 2.11. The summed E-state index contributed by atoms with van der Waals surface area (Å²) in [7, 11) is 4.55. The van der Waals surface area contributed by atoms with Gasteiger partial charge in [-0.2, -0.15) is 5.01 Å². The molecule has 0 saturated carbocycles. The molecule has 0 aromatic heterocycles. The van der Waals surface area contributed by atoms with Crippen molar-refractivity contribution in [3.05, 3.63) is 0 Å². The van der Waals surface area contributed by atoms with Crippen LogP contribution in [0, 0.1) is 0 Å². The molecule has 0 bridgehead atoms. The first-order valence-corrected chi connectivity index (χ1v) is 4.23. The molecule has 1 rings (SSSR count). The van der Waals surface area contributed by atoms with Gasteiger partial charge in [0.2, 0.25) is 0 Å². The summed E-state index contributed by atoms with van der Waals surface area (Å²) in [6, 6.07) is -0.236. The van der Waals surface area contributed by atoms with Gasteiger partial charge in [0.1, 0.15) is 0 Å². The summed E-state index contributed by atoms with van der Waals surface area (Å²) in [6.45, 7) is 3.54. The van der Waals surface area contributed by atoms with Crippen molar-refractivity contribution in [2.24, 2.45) is 0 Å². The van der Waals surface area contributed by atoms with E-state index in [2.05, 4.69) is 4.74 Å². The van der Waals surface area contributed by atoms with Crippen molar-refractivity contribution < 1.29 is 14.3 Å². The van der Waals surface area contributed by atoms with Gasteiger partial charge in [0.15, 0.2) is 5.66 Å². The summed E-state index contributed by atoms with van der Waals surface area (Å²) in [6.07, 6.45) is -0.523. The molecule has 3 amide bonds. The summed E-state index contributed by atoms with van der Waals surface area (Å²) >= 11 is 0. The molecule has 0 spiro atoms. The molecule has 1 aliphatic rings. The van der Waals surface area contributed by atoms with Crippen LogP contribution in [0.5, 0.6) is 0 Å². The molecule has 1 saturated heterocycles. The number of ether oxygens (including phenoxy) is 1. The molecule has 0 N–H and O–H groups in total. The van der Waals surface area contributed by atoms with Gasteiger partial charge in [-0.15, -0.1) is 0 Å². The first-order valence-electron chi connectivity index (χ1n) is 4.23. The molecule has 1 aliphatic heterocycles. The van der Waals surface area contributed by atoms with E-state index < -0.39 is 11.8 Å². The molecule has 6 heteroatoms. The van der Waals surface area contributed by atoms with Crippen LogP contribution in [-0.2, 0) is 4.74 Å². The maximum Gasteiger partial charge on any atom is 0.431 e. The van der Waals surface area contributed by atoms with Gasteiger partial charge in [-0.05, 0) is 13.8 Å². The van der Waals surface area contributed by atoms with Crippen molar-refractivity contribution in [2.45, 2.75) is 19.5 Å². The highest BCUT2D eigenvalue weighted by atomic mass is 16.6. The Bertz CT molecular complexity index is 275. The SMILES string of the molecule is COC(=O)N1N(C(=O)N(C)C)C1(C)C. The molecule has 0 atom stereocenters. The molecule has 0 aromatic carbocycles. The monoisotopic (exact) mass is 201 g/mol. The topological polar surface area (TPSA) is 52.6 Å². The number of amides is 3. The Labute approximate surface area is 83.0 Å². The van der Waals surface area contributed by atoms with Crippen LogP contribution in [0.15, 0.2) is 0 Å². The van der Waals surface area contributed by atoms with Crippen LogP contribution in [0.4, 0.5) is 9.59 Å². The summed E-state index contributed by atoms with van der Waals surface area (Å²) in [5, 5.41) is 2.62. The molecule has 6 nitrogen and oxygen atoms in total. The Kier molecular flexibility index (Phi) is 2.31. The smallest absolute Gasteiger partial charge is 0.431 e. The highest BCUT2D eigenvalue weighted by Crippen LogP contribution is 2.39. The van der Waals surface area contributed by atoms with Crippen LogP contribution < -0.4 is 0 Å². The van der Waals surface area contributed by atoms with E-state index in [1.54, 1.807) is 27.9 Å². The number of methoxy groups -OCH3 is 1. The first-order chi connectivity index (χ1) is 6.34. The van der Waals surface area contributed by atoms with Gasteiger partial charge in [-0.3, -0.25) is 0 Å². The van der Waals surface area contributed by atoms with Gasteiger partial charge in [0.05, 0.1) is 7.11 Å². The zero-order valence-corrected chi connectivity index (χ0v) is 9.07. The Morgan fingerprint density at radius 1 is 1.21 bits per heavy atom. The van der Waals surface area contributed by atoms with Crippen molar-refractivity contribution in [1.82, 2.24) is 14.9 Å². The van der Waals surface area contributed by atoms with E-state index in [9.17, 15) is 9.59 Å². The Balaban J connectivity index is 2.76. The normalized spacial score (nSPS) is 17.8. The van der Waals surface area contributed by atoms with E-state index in [1.807, 2.05) is 0 Å². The molecule has 0 unspecified atom stereocenters. The van der Waals surface area contributed by atoms with Gasteiger partial charge in [-0.25, -0.2) is 14.6 Å². The lowest BCUT2D eigenvalue weighted by Crippen LogP contribution is -2.31. The number of carbonyl (C=O) groups is 2. The van der Waals surface area contributed by atoms with Crippen LogP contribution >= 0.6 is 0 Å². The molecular weight excluding hydrogens is 186 g/mol. The van der Waals surface area contributed by atoms with E-state index in [-0.39, 0.29) is 6.03 Å². The average Bonchev–Trinajstić information content (AvgIpc) is 2.66. The Hall–Kier alpha value is -1.46. The fourth-order valence-corrected chi connectivity index (χ4v) is 1.27. The Morgan fingerprint density at radius 3 is 2.07 bits per heavy atom. The zero-order chi connectivity index (χ0) is 11.1. The fourth-order valence-electron chi connectivity index (χ4n) is 1.27. The van der Waals surface area contributed by atoms with Gasteiger partial charge in [0.25, 0.3) is 0 Å².